The van der Waals surface area contributed by atoms with Gasteiger partial charge < -0.3 is 15.0 Å². The van der Waals surface area contributed by atoms with Crippen LogP contribution in [0, 0.1) is 6.92 Å². The first-order chi connectivity index (χ1) is 11.9. The van der Waals surface area contributed by atoms with Crippen molar-refractivity contribution in [3.8, 4) is 0 Å². The van der Waals surface area contributed by atoms with Crippen LogP contribution in [-0.2, 0) is 11.3 Å². The summed E-state index contributed by atoms with van der Waals surface area (Å²) in [7, 11) is 3.10. The molecule has 2 aromatic carbocycles. The van der Waals surface area contributed by atoms with Crippen LogP contribution in [-0.4, -0.2) is 31.1 Å². The van der Waals surface area contributed by atoms with E-state index in [-0.39, 0.29) is 18.0 Å². The molecule has 1 atom stereocenters. The molecule has 0 aromatic heterocycles. The second-order valence-corrected chi connectivity index (χ2v) is 6.07. The Morgan fingerprint density at radius 1 is 1.12 bits per heavy atom. The lowest BCUT2D eigenvalue weighted by Crippen LogP contribution is -2.38. The minimum absolute atomic E-state index is 0.0714. The number of ether oxygens (including phenoxy) is 1. The van der Waals surface area contributed by atoms with Crippen LogP contribution in [0.1, 0.15) is 40.0 Å². The van der Waals surface area contributed by atoms with Gasteiger partial charge in [0.15, 0.2) is 0 Å². The lowest BCUT2D eigenvalue weighted by molar-refractivity contribution is 0.0600. The van der Waals surface area contributed by atoms with Crippen molar-refractivity contribution in [1.29, 1.82) is 0 Å². The molecule has 25 heavy (non-hydrogen) atoms. The van der Waals surface area contributed by atoms with Crippen molar-refractivity contribution >= 4 is 12.0 Å². The number of hydrogen-bond acceptors (Lipinski definition) is 3. The van der Waals surface area contributed by atoms with Crippen LogP contribution in [0.2, 0.25) is 0 Å². The molecule has 0 fully saturated rings. The molecule has 2 amide bonds. The lowest BCUT2D eigenvalue weighted by Gasteiger charge is -2.22. The quantitative estimate of drug-likeness (QED) is 0.845. The third-order valence-electron chi connectivity index (χ3n) is 4.14. The van der Waals surface area contributed by atoms with E-state index in [0.29, 0.717) is 12.1 Å². The van der Waals surface area contributed by atoms with E-state index in [0.717, 1.165) is 16.7 Å². The summed E-state index contributed by atoms with van der Waals surface area (Å²) < 4.78 is 4.68. The van der Waals surface area contributed by atoms with Gasteiger partial charge >= 0.3 is 12.0 Å². The third kappa shape index (κ3) is 4.83. The van der Waals surface area contributed by atoms with Crippen molar-refractivity contribution in [2.24, 2.45) is 0 Å². The highest BCUT2D eigenvalue weighted by molar-refractivity contribution is 5.89. The summed E-state index contributed by atoms with van der Waals surface area (Å²) in [5, 5.41) is 3.01. The number of rotatable bonds is 5. The first-order valence-electron chi connectivity index (χ1n) is 8.16. The van der Waals surface area contributed by atoms with Gasteiger partial charge in [0, 0.05) is 13.6 Å². The summed E-state index contributed by atoms with van der Waals surface area (Å²) in [6, 6.07) is 14.8. The molecule has 132 valence electrons. The van der Waals surface area contributed by atoms with Crippen LogP contribution in [0.25, 0.3) is 0 Å². The Labute approximate surface area is 148 Å². The molecule has 2 rings (SSSR count). The van der Waals surface area contributed by atoms with Gasteiger partial charge in [0.1, 0.15) is 0 Å². The molecule has 0 bridgehead atoms. The number of hydrogen-bond donors (Lipinski definition) is 1. The third-order valence-corrected chi connectivity index (χ3v) is 4.14. The highest BCUT2D eigenvalue weighted by Gasteiger charge is 2.15. The zero-order valence-electron chi connectivity index (χ0n) is 15.1. The van der Waals surface area contributed by atoms with E-state index < -0.39 is 0 Å². The highest BCUT2D eigenvalue weighted by atomic mass is 16.5. The molecule has 0 aliphatic heterocycles. The highest BCUT2D eigenvalue weighted by Crippen LogP contribution is 2.17. The van der Waals surface area contributed by atoms with Crippen LogP contribution in [0.15, 0.2) is 48.5 Å². The molecular weight excluding hydrogens is 316 g/mol. The monoisotopic (exact) mass is 340 g/mol. The van der Waals surface area contributed by atoms with Gasteiger partial charge in [0.2, 0.25) is 0 Å². The van der Waals surface area contributed by atoms with Crippen molar-refractivity contribution < 1.29 is 14.3 Å². The molecule has 0 aliphatic rings. The maximum absolute atomic E-state index is 12.4. The second-order valence-electron chi connectivity index (χ2n) is 6.07. The molecule has 0 saturated carbocycles. The summed E-state index contributed by atoms with van der Waals surface area (Å²) in [6.07, 6.45) is 0. The Hall–Kier alpha value is -2.82. The predicted octanol–water partition coefficient (Wildman–Crippen LogP) is 3.68. The van der Waals surface area contributed by atoms with E-state index >= 15 is 0 Å². The van der Waals surface area contributed by atoms with E-state index in [1.807, 2.05) is 50.2 Å². The molecule has 1 N–H and O–H groups in total. The molecule has 0 radical (unpaired) electrons. The van der Waals surface area contributed by atoms with Crippen molar-refractivity contribution in [2.45, 2.75) is 26.4 Å². The molecule has 2 aromatic rings. The number of urea groups is 1. The zero-order chi connectivity index (χ0) is 18.4. The summed E-state index contributed by atoms with van der Waals surface area (Å²) in [4.78, 5) is 25.5. The summed E-state index contributed by atoms with van der Waals surface area (Å²) in [5.41, 5.74) is 3.68. The predicted molar refractivity (Wildman–Crippen MR) is 97.4 cm³/mol. The topological polar surface area (TPSA) is 58.6 Å². The number of carbonyl (C=O) groups is 2. The number of carbonyl (C=O) groups excluding carboxylic acids is 2. The Morgan fingerprint density at radius 2 is 1.76 bits per heavy atom. The SMILES string of the molecule is COC(=O)c1ccc(CN(C)C(=O)NC(C)c2ccccc2C)cc1. The normalized spacial score (nSPS) is 11.5. The van der Waals surface area contributed by atoms with Gasteiger partial charge in [-0.25, -0.2) is 9.59 Å². The second kappa shape index (κ2) is 8.33. The Balaban J connectivity index is 1.96. The van der Waals surface area contributed by atoms with Crippen molar-refractivity contribution in [2.75, 3.05) is 14.2 Å². The van der Waals surface area contributed by atoms with Gasteiger partial charge in [0.05, 0.1) is 18.7 Å². The van der Waals surface area contributed by atoms with Crippen LogP contribution in [0.4, 0.5) is 4.79 Å². The van der Waals surface area contributed by atoms with Crippen LogP contribution >= 0.6 is 0 Å². The minimum Gasteiger partial charge on any atom is -0.465 e. The first kappa shape index (κ1) is 18.5. The van der Waals surface area contributed by atoms with Crippen LogP contribution < -0.4 is 5.32 Å². The van der Waals surface area contributed by atoms with Gasteiger partial charge in [-0.1, -0.05) is 36.4 Å². The van der Waals surface area contributed by atoms with Gasteiger partial charge in [0.25, 0.3) is 0 Å². The van der Waals surface area contributed by atoms with Gasteiger partial charge in [-0.2, -0.15) is 0 Å². The molecular formula is C20H24N2O3. The Kier molecular flexibility index (Phi) is 6.17. The van der Waals surface area contributed by atoms with Gasteiger partial charge in [-0.15, -0.1) is 0 Å². The number of aryl methyl sites for hydroxylation is 1. The van der Waals surface area contributed by atoms with Gasteiger partial charge in [-0.3, -0.25) is 0 Å². The maximum atomic E-state index is 12.4. The standard InChI is InChI=1S/C20H24N2O3/c1-14-7-5-6-8-18(14)15(2)21-20(24)22(3)13-16-9-11-17(12-10-16)19(23)25-4/h5-12,15H,13H2,1-4H3,(H,21,24). The molecule has 5 heteroatoms. The lowest BCUT2D eigenvalue weighted by atomic mass is 10.0. The number of methoxy groups -OCH3 is 1. The maximum Gasteiger partial charge on any atom is 0.337 e. The fourth-order valence-corrected chi connectivity index (χ4v) is 2.66. The van der Waals surface area contributed by atoms with E-state index in [1.54, 1.807) is 24.1 Å². The largest absolute Gasteiger partial charge is 0.465 e. The fourth-order valence-electron chi connectivity index (χ4n) is 2.66. The van der Waals surface area contributed by atoms with Crippen molar-refractivity contribution in [1.82, 2.24) is 10.2 Å². The van der Waals surface area contributed by atoms with Crippen LogP contribution in [0.3, 0.4) is 0 Å². The molecule has 0 spiro atoms. The number of nitrogens with zero attached hydrogens (tertiary/aromatic N) is 1. The van der Waals surface area contributed by atoms with E-state index in [2.05, 4.69) is 10.1 Å². The summed E-state index contributed by atoms with van der Waals surface area (Å²) in [6.45, 7) is 4.46. The molecule has 0 saturated heterocycles. The smallest absolute Gasteiger partial charge is 0.337 e. The molecule has 0 aliphatic carbocycles. The molecule has 0 heterocycles. The van der Waals surface area contributed by atoms with Gasteiger partial charge in [-0.05, 0) is 42.7 Å². The number of benzene rings is 2. The summed E-state index contributed by atoms with van der Waals surface area (Å²) >= 11 is 0. The summed E-state index contributed by atoms with van der Waals surface area (Å²) in [5.74, 6) is -0.371. The average Bonchev–Trinajstić information content (AvgIpc) is 2.61. The number of nitrogens with one attached hydrogen (secondary N) is 1. The number of amides is 2. The first-order valence-corrected chi connectivity index (χ1v) is 8.16. The minimum atomic E-state index is -0.371. The Morgan fingerprint density at radius 3 is 2.36 bits per heavy atom. The average molecular weight is 340 g/mol. The van der Waals surface area contributed by atoms with E-state index in [4.69, 9.17) is 0 Å². The number of esters is 1. The molecule has 5 nitrogen and oxygen atoms in total. The zero-order valence-corrected chi connectivity index (χ0v) is 15.1. The van der Waals surface area contributed by atoms with Crippen LogP contribution in [0.5, 0.6) is 0 Å². The van der Waals surface area contributed by atoms with E-state index in [1.165, 1.54) is 7.11 Å². The Bertz CT molecular complexity index is 741. The van der Waals surface area contributed by atoms with E-state index in [9.17, 15) is 9.59 Å². The molecule has 1 unspecified atom stereocenters. The fraction of sp³-hybridized carbons (Fsp3) is 0.300. The van der Waals surface area contributed by atoms with Crippen molar-refractivity contribution in [3.63, 3.8) is 0 Å². The van der Waals surface area contributed by atoms with Crippen molar-refractivity contribution in [3.05, 3.63) is 70.8 Å².